The summed E-state index contributed by atoms with van der Waals surface area (Å²) < 4.78 is 0. The van der Waals surface area contributed by atoms with E-state index in [2.05, 4.69) is 41.5 Å². The van der Waals surface area contributed by atoms with Crippen LogP contribution in [0.2, 0.25) is 0 Å². The highest BCUT2D eigenvalue weighted by Crippen LogP contribution is 2.10. The summed E-state index contributed by atoms with van der Waals surface area (Å²) in [4.78, 5) is 14.0. The van der Waals surface area contributed by atoms with Crippen LogP contribution in [0.15, 0.2) is 60.7 Å². The summed E-state index contributed by atoms with van der Waals surface area (Å²) in [5, 5.41) is 2.99. The normalized spacial score (nSPS) is 10.2. The fraction of sp³-hybridized carbons (Fsp3) is 0.316. The third-order valence-electron chi connectivity index (χ3n) is 3.67. The van der Waals surface area contributed by atoms with Crippen molar-refractivity contribution < 1.29 is 4.79 Å². The molecule has 2 aromatic carbocycles. The molecule has 0 aromatic heterocycles. The van der Waals surface area contributed by atoms with Crippen LogP contribution in [0.4, 0.5) is 5.69 Å². The Morgan fingerprint density at radius 3 is 2.32 bits per heavy atom. The lowest BCUT2D eigenvalue weighted by Gasteiger charge is -2.19. The number of amides is 1. The molecule has 0 saturated heterocycles. The van der Waals surface area contributed by atoms with E-state index in [1.165, 1.54) is 11.3 Å². The van der Waals surface area contributed by atoms with Crippen LogP contribution in [-0.2, 0) is 11.2 Å². The summed E-state index contributed by atoms with van der Waals surface area (Å²) in [6.45, 7) is 1.66. The van der Waals surface area contributed by atoms with Crippen molar-refractivity contribution in [3.8, 4) is 0 Å². The van der Waals surface area contributed by atoms with Gasteiger partial charge in [-0.3, -0.25) is 4.79 Å². The van der Waals surface area contributed by atoms with Gasteiger partial charge in [-0.15, -0.1) is 0 Å². The number of carbonyl (C=O) groups excluding carboxylic acids is 1. The van der Waals surface area contributed by atoms with E-state index < -0.39 is 0 Å². The molecule has 0 heterocycles. The van der Waals surface area contributed by atoms with E-state index in [1.807, 2.05) is 36.4 Å². The quantitative estimate of drug-likeness (QED) is 0.758. The first-order valence-corrected chi connectivity index (χ1v) is 7.82. The molecule has 0 atom stereocenters. The highest BCUT2D eigenvalue weighted by molar-refractivity contribution is 5.76. The van der Waals surface area contributed by atoms with Crippen molar-refractivity contribution in [1.29, 1.82) is 0 Å². The Balaban J connectivity index is 1.59. The Labute approximate surface area is 133 Å². The number of nitrogens with zero attached hydrogens (tertiary/aromatic N) is 1. The molecular formula is C19H24N2O. The van der Waals surface area contributed by atoms with E-state index in [0.717, 1.165) is 25.9 Å². The molecule has 2 rings (SSSR count). The van der Waals surface area contributed by atoms with E-state index in [4.69, 9.17) is 0 Å². The van der Waals surface area contributed by atoms with Gasteiger partial charge in [0.25, 0.3) is 0 Å². The third-order valence-corrected chi connectivity index (χ3v) is 3.67. The molecule has 1 N–H and O–H groups in total. The molecule has 0 spiro atoms. The number of nitrogens with one attached hydrogen (secondary N) is 1. The number of hydrogen-bond acceptors (Lipinski definition) is 2. The third kappa shape index (κ3) is 5.60. The van der Waals surface area contributed by atoms with Gasteiger partial charge in [0, 0.05) is 32.2 Å². The summed E-state index contributed by atoms with van der Waals surface area (Å²) in [6.07, 6.45) is 2.30. The van der Waals surface area contributed by atoms with Crippen LogP contribution in [-0.4, -0.2) is 26.0 Å². The van der Waals surface area contributed by atoms with Crippen molar-refractivity contribution in [2.24, 2.45) is 0 Å². The number of carbonyl (C=O) groups is 1. The second-order valence-electron chi connectivity index (χ2n) is 5.45. The monoisotopic (exact) mass is 296 g/mol. The SMILES string of the molecule is CN(CCCNC(=O)CCc1ccccc1)c1ccccc1. The summed E-state index contributed by atoms with van der Waals surface area (Å²) >= 11 is 0. The van der Waals surface area contributed by atoms with Gasteiger partial charge in [0.2, 0.25) is 5.91 Å². The summed E-state index contributed by atoms with van der Waals surface area (Å²) in [5.41, 5.74) is 2.42. The highest BCUT2D eigenvalue weighted by Gasteiger charge is 2.03. The van der Waals surface area contributed by atoms with Crippen LogP contribution in [0, 0.1) is 0 Å². The Bertz CT molecular complexity index is 554. The lowest BCUT2D eigenvalue weighted by Crippen LogP contribution is -2.28. The Morgan fingerprint density at radius 1 is 1.00 bits per heavy atom. The molecular weight excluding hydrogens is 272 g/mol. The Morgan fingerprint density at radius 2 is 1.64 bits per heavy atom. The van der Waals surface area contributed by atoms with Crippen LogP contribution in [0.5, 0.6) is 0 Å². The van der Waals surface area contributed by atoms with Crippen molar-refractivity contribution in [2.75, 3.05) is 25.0 Å². The zero-order valence-corrected chi connectivity index (χ0v) is 13.2. The number of rotatable bonds is 8. The number of anilines is 1. The van der Waals surface area contributed by atoms with Gasteiger partial charge < -0.3 is 10.2 Å². The molecule has 0 unspecified atom stereocenters. The van der Waals surface area contributed by atoms with Crippen LogP contribution in [0.3, 0.4) is 0 Å². The predicted molar refractivity (Wildman–Crippen MR) is 92.1 cm³/mol. The van der Waals surface area contributed by atoms with E-state index in [-0.39, 0.29) is 5.91 Å². The molecule has 3 nitrogen and oxygen atoms in total. The van der Waals surface area contributed by atoms with Crippen molar-refractivity contribution in [2.45, 2.75) is 19.3 Å². The molecule has 0 radical (unpaired) electrons. The molecule has 0 aliphatic heterocycles. The Hall–Kier alpha value is -2.29. The van der Waals surface area contributed by atoms with Crippen LogP contribution in [0.1, 0.15) is 18.4 Å². The maximum Gasteiger partial charge on any atom is 0.220 e. The average molecular weight is 296 g/mol. The smallest absolute Gasteiger partial charge is 0.220 e. The van der Waals surface area contributed by atoms with Crippen molar-refractivity contribution in [3.05, 3.63) is 66.2 Å². The van der Waals surface area contributed by atoms with E-state index in [0.29, 0.717) is 6.42 Å². The second-order valence-corrected chi connectivity index (χ2v) is 5.45. The van der Waals surface area contributed by atoms with E-state index in [9.17, 15) is 4.79 Å². The van der Waals surface area contributed by atoms with Crippen molar-refractivity contribution >= 4 is 11.6 Å². The topological polar surface area (TPSA) is 32.3 Å². The molecule has 0 fully saturated rings. The van der Waals surface area contributed by atoms with Gasteiger partial charge in [-0.25, -0.2) is 0 Å². The van der Waals surface area contributed by atoms with Gasteiger partial charge in [-0.05, 0) is 30.5 Å². The Kier molecular flexibility index (Phi) is 6.49. The van der Waals surface area contributed by atoms with Crippen molar-refractivity contribution in [3.63, 3.8) is 0 Å². The average Bonchev–Trinajstić information content (AvgIpc) is 2.58. The molecule has 0 saturated carbocycles. The van der Waals surface area contributed by atoms with Gasteiger partial charge in [0.15, 0.2) is 0 Å². The van der Waals surface area contributed by atoms with Crippen LogP contribution in [0.25, 0.3) is 0 Å². The number of hydrogen-bond donors (Lipinski definition) is 1. The lowest BCUT2D eigenvalue weighted by atomic mass is 10.1. The maximum absolute atomic E-state index is 11.8. The maximum atomic E-state index is 11.8. The minimum absolute atomic E-state index is 0.131. The predicted octanol–water partition coefficient (Wildman–Crippen LogP) is 3.26. The standard InChI is InChI=1S/C19H24N2O/c1-21(18-11-6-3-7-12-18)16-8-15-20-19(22)14-13-17-9-4-2-5-10-17/h2-7,9-12H,8,13-16H2,1H3,(H,20,22). The zero-order valence-electron chi connectivity index (χ0n) is 13.2. The molecule has 0 bridgehead atoms. The van der Waals surface area contributed by atoms with E-state index in [1.54, 1.807) is 0 Å². The summed E-state index contributed by atoms with van der Waals surface area (Å²) in [7, 11) is 2.08. The molecule has 116 valence electrons. The zero-order chi connectivity index (χ0) is 15.6. The molecule has 22 heavy (non-hydrogen) atoms. The second kappa shape index (κ2) is 8.88. The minimum atomic E-state index is 0.131. The van der Waals surface area contributed by atoms with Gasteiger partial charge in [-0.1, -0.05) is 48.5 Å². The number of benzene rings is 2. The number of para-hydroxylation sites is 1. The van der Waals surface area contributed by atoms with Gasteiger partial charge in [-0.2, -0.15) is 0 Å². The molecule has 0 aliphatic carbocycles. The van der Waals surface area contributed by atoms with Crippen LogP contribution >= 0.6 is 0 Å². The van der Waals surface area contributed by atoms with E-state index >= 15 is 0 Å². The first-order chi connectivity index (χ1) is 10.8. The first kappa shape index (κ1) is 16.1. The van der Waals surface area contributed by atoms with Gasteiger partial charge in [0.05, 0.1) is 0 Å². The fourth-order valence-corrected chi connectivity index (χ4v) is 2.35. The van der Waals surface area contributed by atoms with Crippen LogP contribution < -0.4 is 10.2 Å². The molecule has 0 aliphatic rings. The van der Waals surface area contributed by atoms with Gasteiger partial charge in [0.1, 0.15) is 0 Å². The summed E-state index contributed by atoms with van der Waals surface area (Å²) in [5.74, 6) is 0.131. The van der Waals surface area contributed by atoms with Crippen molar-refractivity contribution in [1.82, 2.24) is 5.32 Å². The summed E-state index contributed by atoms with van der Waals surface area (Å²) in [6, 6.07) is 20.4. The molecule has 2 aromatic rings. The molecule has 1 amide bonds. The fourth-order valence-electron chi connectivity index (χ4n) is 2.35. The lowest BCUT2D eigenvalue weighted by molar-refractivity contribution is -0.121. The molecule has 3 heteroatoms. The largest absolute Gasteiger partial charge is 0.375 e. The minimum Gasteiger partial charge on any atom is -0.375 e. The number of aryl methyl sites for hydroxylation is 1. The highest BCUT2D eigenvalue weighted by atomic mass is 16.1. The van der Waals surface area contributed by atoms with Gasteiger partial charge >= 0.3 is 0 Å². The first-order valence-electron chi connectivity index (χ1n) is 7.82.